The molecule has 1 aliphatic rings. The molecule has 1 unspecified atom stereocenters. The molecule has 2 rings (SSSR count). The van der Waals surface area contributed by atoms with Crippen molar-refractivity contribution in [3.63, 3.8) is 0 Å². The third kappa shape index (κ3) is 3.24. The maximum Gasteiger partial charge on any atom is 0.0446 e. The van der Waals surface area contributed by atoms with Crippen molar-refractivity contribution in [2.24, 2.45) is 0 Å². The summed E-state index contributed by atoms with van der Waals surface area (Å²) in [7, 11) is 2.17. The average molecular weight is 248 g/mol. The summed E-state index contributed by atoms with van der Waals surface area (Å²) in [6.45, 7) is 5.65. The first-order valence-electron chi connectivity index (χ1n) is 6.83. The van der Waals surface area contributed by atoms with E-state index in [0.29, 0.717) is 6.04 Å². The Morgan fingerprint density at radius 1 is 1.33 bits per heavy atom. The number of aryl methyl sites for hydroxylation is 1. The zero-order valence-corrected chi connectivity index (χ0v) is 11.5. The van der Waals surface area contributed by atoms with Crippen LogP contribution >= 0.6 is 0 Å². The van der Waals surface area contributed by atoms with Crippen LogP contribution in [0.5, 0.6) is 0 Å². The van der Waals surface area contributed by atoms with Crippen LogP contribution in [0.3, 0.4) is 0 Å². The van der Waals surface area contributed by atoms with Crippen LogP contribution in [0.1, 0.15) is 18.4 Å². The highest BCUT2D eigenvalue weighted by Gasteiger charge is 2.21. The number of anilines is 1. The van der Waals surface area contributed by atoms with Crippen molar-refractivity contribution in [1.82, 2.24) is 4.90 Å². The van der Waals surface area contributed by atoms with Crippen molar-refractivity contribution in [2.45, 2.75) is 25.8 Å². The lowest BCUT2D eigenvalue weighted by molar-refractivity contribution is 0.196. The van der Waals surface area contributed by atoms with Gasteiger partial charge in [0.25, 0.3) is 0 Å². The quantitative estimate of drug-likeness (QED) is 0.885. The van der Waals surface area contributed by atoms with E-state index < -0.39 is 0 Å². The van der Waals surface area contributed by atoms with Crippen LogP contribution in [0, 0.1) is 6.92 Å². The van der Waals surface area contributed by atoms with Gasteiger partial charge in [0.1, 0.15) is 0 Å². The Morgan fingerprint density at radius 2 is 2.17 bits per heavy atom. The molecule has 1 fully saturated rings. The molecule has 1 aromatic rings. The van der Waals surface area contributed by atoms with Gasteiger partial charge >= 0.3 is 0 Å². The Morgan fingerprint density at radius 3 is 2.89 bits per heavy atom. The van der Waals surface area contributed by atoms with Gasteiger partial charge in [-0.1, -0.05) is 12.1 Å². The number of aliphatic hydroxyl groups excluding tert-OH is 1. The second kappa shape index (κ2) is 6.21. The number of aliphatic hydroxyl groups is 1. The molecule has 0 aliphatic carbocycles. The second-order valence-electron chi connectivity index (χ2n) is 5.29. The van der Waals surface area contributed by atoms with E-state index in [1.165, 1.54) is 17.7 Å². The van der Waals surface area contributed by atoms with Crippen LogP contribution in [0.2, 0.25) is 0 Å². The molecule has 0 aromatic heterocycles. The van der Waals surface area contributed by atoms with E-state index in [-0.39, 0.29) is 6.61 Å². The maximum atomic E-state index is 9.18. The molecule has 18 heavy (non-hydrogen) atoms. The molecular weight excluding hydrogens is 224 g/mol. The van der Waals surface area contributed by atoms with E-state index in [2.05, 4.69) is 48.0 Å². The van der Waals surface area contributed by atoms with Crippen molar-refractivity contribution in [1.29, 1.82) is 0 Å². The third-order valence-corrected chi connectivity index (χ3v) is 3.82. The molecule has 1 saturated heterocycles. The molecule has 1 aromatic carbocycles. The fourth-order valence-electron chi connectivity index (χ4n) is 2.70. The van der Waals surface area contributed by atoms with Crippen molar-refractivity contribution in [3.8, 4) is 0 Å². The van der Waals surface area contributed by atoms with E-state index in [1.807, 2.05) is 0 Å². The molecule has 0 radical (unpaired) electrons. The van der Waals surface area contributed by atoms with E-state index in [9.17, 15) is 5.11 Å². The van der Waals surface area contributed by atoms with Gasteiger partial charge in [-0.2, -0.15) is 0 Å². The molecule has 0 saturated carbocycles. The van der Waals surface area contributed by atoms with Crippen LogP contribution in [0.25, 0.3) is 0 Å². The minimum absolute atomic E-state index is 0.274. The SMILES string of the molecule is Cc1cccc(N2CCCN(C)C(CCO)C2)c1. The number of nitrogens with zero attached hydrogens (tertiary/aromatic N) is 2. The highest BCUT2D eigenvalue weighted by atomic mass is 16.3. The largest absolute Gasteiger partial charge is 0.396 e. The molecule has 1 atom stereocenters. The predicted molar refractivity (Wildman–Crippen MR) is 76.1 cm³/mol. The van der Waals surface area contributed by atoms with Crippen LogP contribution < -0.4 is 4.90 Å². The van der Waals surface area contributed by atoms with Gasteiger partial charge in [0, 0.05) is 31.4 Å². The molecule has 100 valence electrons. The van der Waals surface area contributed by atoms with Crippen LogP contribution in [0.15, 0.2) is 24.3 Å². The zero-order valence-electron chi connectivity index (χ0n) is 11.5. The first kappa shape index (κ1) is 13.4. The van der Waals surface area contributed by atoms with Gasteiger partial charge in [0.2, 0.25) is 0 Å². The topological polar surface area (TPSA) is 26.7 Å². The van der Waals surface area contributed by atoms with Crippen LogP contribution in [0.4, 0.5) is 5.69 Å². The smallest absolute Gasteiger partial charge is 0.0446 e. The first-order valence-corrected chi connectivity index (χ1v) is 6.83. The summed E-state index contributed by atoms with van der Waals surface area (Å²) >= 11 is 0. The summed E-state index contributed by atoms with van der Waals surface area (Å²) in [5, 5.41) is 9.18. The summed E-state index contributed by atoms with van der Waals surface area (Å²) in [6, 6.07) is 9.16. The average Bonchev–Trinajstić information content (AvgIpc) is 2.53. The molecule has 3 nitrogen and oxygen atoms in total. The lowest BCUT2D eigenvalue weighted by Gasteiger charge is -2.29. The van der Waals surface area contributed by atoms with Gasteiger partial charge in [0.15, 0.2) is 0 Å². The Kier molecular flexibility index (Phi) is 4.61. The summed E-state index contributed by atoms with van der Waals surface area (Å²) in [6.07, 6.45) is 2.05. The second-order valence-corrected chi connectivity index (χ2v) is 5.29. The highest BCUT2D eigenvalue weighted by molar-refractivity contribution is 5.48. The molecule has 0 spiro atoms. The highest BCUT2D eigenvalue weighted by Crippen LogP contribution is 2.20. The number of hydrogen-bond donors (Lipinski definition) is 1. The fourth-order valence-corrected chi connectivity index (χ4v) is 2.70. The first-order chi connectivity index (χ1) is 8.70. The van der Waals surface area contributed by atoms with E-state index in [0.717, 1.165) is 26.1 Å². The third-order valence-electron chi connectivity index (χ3n) is 3.82. The normalized spacial score (nSPS) is 21.9. The minimum atomic E-state index is 0.274. The summed E-state index contributed by atoms with van der Waals surface area (Å²) in [5.41, 5.74) is 2.62. The Labute approximate surface area is 110 Å². The van der Waals surface area contributed by atoms with Gasteiger partial charge in [-0.15, -0.1) is 0 Å². The van der Waals surface area contributed by atoms with Crippen LogP contribution in [-0.4, -0.2) is 49.3 Å². The van der Waals surface area contributed by atoms with E-state index >= 15 is 0 Å². The molecule has 1 N–H and O–H groups in total. The van der Waals surface area contributed by atoms with Crippen molar-refractivity contribution >= 4 is 5.69 Å². The molecule has 1 heterocycles. The lowest BCUT2D eigenvalue weighted by Crippen LogP contribution is -2.39. The van der Waals surface area contributed by atoms with Crippen LogP contribution in [-0.2, 0) is 0 Å². The Hall–Kier alpha value is -1.06. The standard InChI is InChI=1S/C15H24N2O/c1-13-5-3-6-14(11-13)17-9-4-8-16(2)15(12-17)7-10-18/h3,5-6,11,15,18H,4,7-10,12H2,1-2H3. The van der Waals surface area contributed by atoms with E-state index in [1.54, 1.807) is 0 Å². The zero-order chi connectivity index (χ0) is 13.0. The summed E-state index contributed by atoms with van der Waals surface area (Å²) in [4.78, 5) is 4.84. The Bertz CT molecular complexity index is 381. The Balaban J connectivity index is 2.12. The lowest BCUT2D eigenvalue weighted by atomic mass is 10.1. The minimum Gasteiger partial charge on any atom is -0.396 e. The molecule has 0 bridgehead atoms. The predicted octanol–water partition coefficient (Wildman–Crippen LogP) is 1.89. The van der Waals surface area contributed by atoms with Crippen molar-refractivity contribution in [2.75, 3.05) is 38.2 Å². The number of hydrogen-bond acceptors (Lipinski definition) is 3. The molecule has 0 amide bonds. The maximum absolute atomic E-state index is 9.18. The van der Waals surface area contributed by atoms with Crippen molar-refractivity contribution in [3.05, 3.63) is 29.8 Å². The van der Waals surface area contributed by atoms with Gasteiger partial charge in [-0.05, 0) is 51.1 Å². The number of likely N-dealkylation sites (N-methyl/N-ethyl adjacent to an activating group) is 1. The summed E-state index contributed by atoms with van der Waals surface area (Å²) < 4.78 is 0. The fraction of sp³-hybridized carbons (Fsp3) is 0.600. The molecular formula is C15H24N2O. The number of benzene rings is 1. The molecule has 3 heteroatoms. The summed E-state index contributed by atoms with van der Waals surface area (Å²) in [5.74, 6) is 0. The van der Waals surface area contributed by atoms with Crippen molar-refractivity contribution < 1.29 is 5.11 Å². The van der Waals surface area contributed by atoms with Gasteiger partial charge in [-0.25, -0.2) is 0 Å². The number of rotatable bonds is 3. The van der Waals surface area contributed by atoms with Gasteiger partial charge in [-0.3, -0.25) is 0 Å². The molecule has 1 aliphatic heterocycles. The van der Waals surface area contributed by atoms with Gasteiger partial charge in [0.05, 0.1) is 0 Å². The monoisotopic (exact) mass is 248 g/mol. The van der Waals surface area contributed by atoms with E-state index in [4.69, 9.17) is 0 Å². The van der Waals surface area contributed by atoms with Gasteiger partial charge < -0.3 is 14.9 Å².